The number of rotatable bonds is 1. The van der Waals surface area contributed by atoms with Gasteiger partial charge in [0.15, 0.2) is 0 Å². The van der Waals surface area contributed by atoms with Gasteiger partial charge in [0.2, 0.25) is 0 Å². The van der Waals surface area contributed by atoms with Crippen LogP contribution in [0.5, 0.6) is 0 Å². The van der Waals surface area contributed by atoms with Crippen LogP contribution in [0.4, 0.5) is 0 Å². The first-order chi connectivity index (χ1) is 2.43. The Morgan fingerprint density at radius 1 is 1.57 bits per heavy atom. The molecular weight excluding hydrogens is 139 g/mol. The highest BCUT2D eigenvalue weighted by Crippen LogP contribution is 2.04. The second-order valence-electron chi connectivity index (χ2n) is 1.14. The van der Waals surface area contributed by atoms with E-state index < -0.39 is 0 Å². The fourth-order valence-electron chi connectivity index (χ4n) is 0.173. The monoisotopic (exact) mass is 146 g/mol. The zero-order chi connectivity index (χ0) is 3.70. The van der Waals surface area contributed by atoms with E-state index >= 15 is 0 Å². The zero-order valence-corrected chi connectivity index (χ0v) is 5.30. The van der Waals surface area contributed by atoms with E-state index in [0.29, 0.717) is 0 Å². The summed E-state index contributed by atoms with van der Waals surface area (Å²) in [6.07, 6.45) is 0.190. The van der Waals surface area contributed by atoms with Crippen LogP contribution in [0.15, 0.2) is 0 Å². The van der Waals surface area contributed by atoms with Gasteiger partial charge in [0.05, 0.1) is 13.2 Å². The van der Waals surface area contributed by atoms with Gasteiger partial charge in [-0.3, -0.25) is 0 Å². The zero-order valence-electron chi connectivity index (χ0n) is 3.66. The average molecular weight is 147 g/mol. The van der Waals surface area contributed by atoms with Gasteiger partial charge in [-0.25, -0.2) is 0 Å². The lowest BCUT2D eigenvalue weighted by Crippen LogP contribution is -1.88. The minimum atomic E-state index is 0. The van der Waals surface area contributed by atoms with Gasteiger partial charge in [-0.05, 0) is 0 Å². The first-order valence-corrected chi connectivity index (χ1v) is 1.66. The number of hydrogen-bond acceptors (Lipinski definition) is 2. The van der Waals surface area contributed by atoms with Crippen LogP contribution in [0, 0.1) is 0 Å². The molecule has 0 aromatic rings. The number of epoxide rings is 1. The van der Waals surface area contributed by atoms with Gasteiger partial charge in [-0.1, -0.05) is 0 Å². The molecule has 2 nitrogen and oxygen atoms in total. The third kappa shape index (κ3) is 4.35. The molecule has 7 heavy (non-hydrogen) atoms. The van der Waals surface area contributed by atoms with Crippen LogP contribution in [-0.2, 0) is 4.74 Å². The van der Waals surface area contributed by atoms with Crippen LogP contribution < -0.4 is 0 Å². The lowest BCUT2D eigenvalue weighted by molar-refractivity contribution is 0.244. The first-order valence-electron chi connectivity index (χ1n) is 1.66. The summed E-state index contributed by atoms with van der Waals surface area (Å²) in [7, 11) is 0. The van der Waals surface area contributed by atoms with Gasteiger partial charge in [0.25, 0.3) is 0 Å². The summed E-state index contributed by atoms with van der Waals surface area (Å²) in [4.78, 5) is 0. The third-order valence-electron chi connectivity index (χ3n) is 0.606. The summed E-state index contributed by atoms with van der Waals surface area (Å²) < 4.78 is 4.61. The second-order valence-corrected chi connectivity index (χ2v) is 1.14. The summed E-state index contributed by atoms with van der Waals surface area (Å²) in [5.74, 6) is 0. The third-order valence-corrected chi connectivity index (χ3v) is 0.606. The van der Waals surface area contributed by atoms with E-state index in [1.54, 1.807) is 0 Å². The predicted octanol–water partition coefficient (Wildman–Crippen LogP) is 0.221. The minimum absolute atomic E-state index is 0. The molecule has 0 amide bonds. The van der Waals surface area contributed by atoms with E-state index in [1.807, 2.05) is 0 Å². The highest BCUT2D eigenvalue weighted by molar-refractivity contribution is 5.85. The molecule has 0 saturated carbocycles. The average Bonchev–Trinajstić information content (AvgIpc) is 2.12. The Morgan fingerprint density at radius 2 is 2.00 bits per heavy atom. The molecule has 0 radical (unpaired) electrons. The Balaban J connectivity index is 0. The summed E-state index contributed by atoms with van der Waals surface area (Å²) in [5.41, 5.74) is 0. The van der Waals surface area contributed by atoms with Gasteiger partial charge >= 0.3 is 0 Å². The molecular formula is C3H8Cl2O2. The minimum Gasteiger partial charge on any atom is -0.394 e. The van der Waals surface area contributed by atoms with Crippen LogP contribution in [0.1, 0.15) is 0 Å². The Labute approximate surface area is 54.7 Å². The molecule has 1 atom stereocenters. The maximum atomic E-state index is 8.08. The molecule has 0 spiro atoms. The molecule has 46 valence electrons. The maximum absolute atomic E-state index is 8.08. The summed E-state index contributed by atoms with van der Waals surface area (Å²) in [6, 6.07) is 0. The van der Waals surface area contributed by atoms with Gasteiger partial charge in [0.1, 0.15) is 6.10 Å². The Bertz CT molecular complexity index is 37.9. The van der Waals surface area contributed by atoms with E-state index in [4.69, 9.17) is 5.11 Å². The number of aliphatic hydroxyl groups excluding tert-OH is 1. The first kappa shape index (κ1) is 10.5. The van der Waals surface area contributed by atoms with Crippen molar-refractivity contribution in [3.8, 4) is 0 Å². The summed E-state index contributed by atoms with van der Waals surface area (Å²) in [6.45, 7) is 0.955. The number of hydrogen-bond donors (Lipinski definition) is 1. The van der Waals surface area contributed by atoms with Gasteiger partial charge < -0.3 is 9.84 Å². The van der Waals surface area contributed by atoms with Crippen LogP contribution in [0.2, 0.25) is 0 Å². The van der Waals surface area contributed by atoms with Crippen molar-refractivity contribution in [2.75, 3.05) is 13.2 Å². The Hall–Kier alpha value is 0.500. The SMILES string of the molecule is Cl.Cl.OCC1CO1. The largest absolute Gasteiger partial charge is 0.394 e. The fraction of sp³-hybridized carbons (Fsp3) is 1.00. The van der Waals surface area contributed by atoms with Crippen LogP contribution in [-0.4, -0.2) is 24.4 Å². The predicted molar refractivity (Wildman–Crippen MR) is 31.3 cm³/mol. The molecule has 4 heteroatoms. The highest BCUT2D eigenvalue weighted by Gasteiger charge is 2.19. The van der Waals surface area contributed by atoms with Crippen molar-refractivity contribution in [2.45, 2.75) is 6.10 Å². The highest BCUT2D eigenvalue weighted by atomic mass is 35.5. The van der Waals surface area contributed by atoms with E-state index in [-0.39, 0.29) is 37.5 Å². The molecule has 1 aliphatic rings. The summed E-state index contributed by atoms with van der Waals surface area (Å²) in [5, 5.41) is 8.08. The van der Waals surface area contributed by atoms with Crippen LogP contribution in [0.3, 0.4) is 0 Å². The fourth-order valence-corrected chi connectivity index (χ4v) is 0.173. The standard InChI is InChI=1S/C3H6O2.2ClH/c4-1-3-2-5-3;;/h3-4H,1-2H2;2*1H. The second kappa shape index (κ2) is 4.65. The number of halogens is 2. The Morgan fingerprint density at radius 3 is 2.00 bits per heavy atom. The van der Waals surface area contributed by atoms with Gasteiger partial charge in [-0.2, -0.15) is 0 Å². The van der Waals surface area contributed by atoms with E-state index in [2.05, 4.69) is 4.74 Å². The van der Waals surface area contributed by atoms with Crippen molar-refractivity contribution in [3.05, 3.63) is 0 Å². The normalized spacial score (nSPS) is 24.4. The molecule has 1 rings (SSSR count). The number of ether oxygens (including phenoxy) is 1. The topological polar surface area (TPSA) is 32.8 Å². The molecule has 0 aromatic carbocycles. The van der Waals surface area contributed by atoms with E-state index in [9.17, 15) is 0 Å². The molecule has 1 aliphatic heterocycles. The molecule has 1 N–H and O–H groups in total. The quantitative estimate of drug-likeness (QED) is 0.538. The van der Waals surface area contributed by atoms with E-state index in [1.165, 1.54) is 0 Å². The molecule has 0 bridgehead atoms. The maximum Gasteiger partial charge on any atom is 0.104 e. The van der Waals surface area contributed by atoms with Crippen molar-refractivity contribution in [2.24, 2.45) is 0 Å². The smallest absolute Gasteiger partial charge is 0.104 e. The van der Waals surface area contributed by atoms with Crippen molar-refractivity contribution in [1.29, 1.82) is 0 Å². The molecule has 1 saturated heterocycles. The van der Waals surface area contributed by atoms with Crippen molar-refractivity contribution in [3.63, 3.8) is 0 Å². The number of aliphatic hydroxyl groups is 1. The van der Waals surface area contributed by atoms with Crippen LogP contribution >= 0.6 is 24.8 Å². The van der Waals surface area contributed by atoms with Crippen molar-refractivity contribution < 1.29 is 9.84 Å². The molecule has 0 aromatic heterocycles. The van der Waals surface area contributed by atoms with Crippen LogP contribution in [0.25, 0.3) is 0 Å². The van der Waals surface area contributed by atoms with Crippen molar-refractivity contribution >= 4 is 24.8 Å². The van der Waals surface area contributed by atoms with Gasteiger partial charge in [-0.15, -0.1) is 24.8 Å². The molecule has 1 unspecified atom stereocenters. The molecule has 0 aliphatic carbocycles. The Kier molecular flexibility index (Phi) is 6.96. The molecule has 1 heterocycles. The van der Waals surface area contributed by atoms with Crippen molar-refractivity contribution in [1.82, 2.24) is 0 Å². The summed E-state index contributed by atoms with van der Waals surface area (Å²) >= 11 is 0. The molecule has 1 fully saturated rings. The van der Waals surface area contributed by atoms with E-state index in [0.717, 1.165) is 6.61 Å². The lowest BCUT2D eigenvalue weighted by Gasteiger charge is -1.70. The van der Waals surface area contributed by atoms with Gasteiger partial charge in [0, 0.05) is 0 Å². The lowest BCUT2D eigenvalue weighted by atomic mass is 10.5.